The summed E-state index contributed by atoms with van der Waals surface area (Å²) in [5, 5.41) is 2.76. The Balaban J connectivity index is 1.59. The molecule has 0 aliphatic heterocycles. The fourth-order valence-electron chi connectivity index (χ4n) is 4.41. The highest BCUT2D eigenvalue weighted by Crippen LogP contribution is 2.36. The molecule has 2 heterocycles. The summed E-state index contributed by atoms with van der Waals surface area (Å²) in [5.41, 5.74) is 6.00. The highest BCUT2D eigenvalue weighted by Gasteiger charge is 2.25. The van der Waals surface area contributed by atoms with E-state index in [0.717, 1.165) is 55.5 Å². The van der Waals surface area contributed by atoms with E-state index in [4.69, 9.17) is 15.2 Å². The van der Waals surface area contributed by atoms with Crippen molar-refractivity contribution < 1.29 is 27.4 Å². The number of nitrogens with zero attached hydrogens (tertiary/aromatic N) is 2. The van der Waals surface area contributed by atoms with Gasteiger partial charge in [-0.3, -0.25) is 9.78 Å². The van der Waals surface area contributed by atoms with Crippen LogP contribution in [-0.4, -0.2) is 42.2 Å². The molecule has 2 atom stereocenters. The minimum atomic E-state index is -1.07. The van der Waals surface area contributed by atoms with Gasteiger partial charge in [-0.25, -0.2) is 18.2 Å². The van der Waals surface area contributed by atoms with E-state index >= 15 is 0 Å². The predicted octanol–water partition coefficient (Wildman–Crippen LogP) is 4.82. The molecule has 3 N–H and O–H groups in total. The van der Waals surface area contributed by atoms with Crippen LogP contribution in [0.5, 0.6) is 5.75 Å². The first kappa shape index (κ1) is 25.6. The van der Waals surface area contributed by atoms with E-state index in [1.54, 1.807) is 6.20 Å². The van der Waals surface area contributed by atoms with Gasteiger partial charge in [0.25, 0.3) is 5.91 Å². The number of hydrogen-bond acceptors (Lipinski definition) is 6. The Morgan fingerprint density at radius 3 is 2.61 bits per heavy atom. The summed E-state index contributed by atoms with van der Waals surface area (Å²) >= 11 is 0. The first-order valence-corrected chi connectivity index (χ1v) is 11.7. The van der Waals surface area contributed by atoms with E-state index in [9.17, 15) is 18.0 Å². The van der Waals surface area contributed by atoms with Gasteiger partial charge in [0.2, 0.25) is 0 Å². The van der Waals surface area contributed by atoms with E-state index in [-0.39, 0.29) is 36.6 Å². The number of pyridine rings is 2. The Morgan fingerprint density at radius 2 is 1.89 bits per heavy atom. The second-order valence-electron chi connectivity index (χ2n) is 8.67. The van der Waals surface area contributed by atoms with Gasteiger partial charge < -0.3 is 20.5 Å². The van der Waals surface area contributed by atoms with Crippen molar-refractivity contribution >= 4 is 11.6 Å². The lowest BCUT2D eigenvalue weighted by Crippen LogP contribution is -2.27. The highest BCUT2D eigenvalue weighted by atomic mass is 19.1. The van der Waals surface area contributed by atoms with Crippen LogP contribution in [0.3, 0.4) is 0 Å². The van der Waals surface area contributed by atoms with Gasteiger partial charge in [0.05, 0.1) is 24.1 Å². The van der Waals surface area contributed by atoms with Crippen LogP contribution >= 0.6 is 0 Å². The van der Waals surface area contributed by atoms with E-state index in [2.05, 4.69) is 15.3 Å². The van der Waals surface area contributed by atoms with Gasteiger partial charge in [-0.05, 0) is 48.9 Å². The molecule has 0 saturated heterocycles. The number of halogens is 3. The van der Waals surface area contributed by atoms with Crippen LogP contribution in [0.15, 0.2) is 42.7 Å². The smallest absolute Gasteiger partial charge is 0.274 e. The van der Waals surface area contributed by atoms with Crippen molar-refractivity contribution in [3.05, 3.63) is 71.4 Å². The standard InChI is InChI=1S/C26H27F3N4O3/c1-35-9-10-36-17-12-20(28)24(21(29)13-17)25-19(27)5-6-22(32-25)26(34)33-23-14-31-8-7-18(23)15-3-2-4-16(30)11-15/h5-8,12-16H,2-4,9-11,30H2,1H3,(H,33,34)/t15-,16+/m1/s1. The van der Waals surface area contributed by atoms with Crippen LogP contribution in [0.2, 0.25) is 0 Å². The molecule has 0 unspecified atom stereocenters. The first-order chi connectivity index (χ1) is 17.4. The molecule has 2 aromatic heterocycles. The number of amides is 1. The number of benzene rings is 1. The molecule has 0 spiro atoms. The summed E-state index contributed by atoms with van der Waals surface area (Å²) in [6.07, 6.45) is 6.84. The number of methoxy groups -OCH3 is 1. The topological polar surface area (TPSA) is 99.4 Å². The SMILES string of the molecule is COCCOc1cc(F)c(-c2nc(C(=O)Nc3cnccc3[C@@H]3CCC[C@H](N)C3)ccc2F)c(F)c1. The van der Waals surface area contributed by atoms with Crippen molar-refractivity contribution in [2.24, 2.45) is 5.73 Å². The fourth-order valence-corrected chi connectivity index (χ4v) is 4.41. The van der Waals surface area contributed by atoms with Gasteiger partial charge >= 0.3 is 0 Å². The van der Waals surface area contributed by atoms with Gasteiger partial charge in [-0.15, -0.1) is 0 Å². The summed E-state index contributed by atoms with van der Waals surface area (Å²) in [5.74, 6) is -3.70. The third-order valence-electron chi connectivity index (χ3n) is 6.14. The molecule has 190 valence electrons. The number of nitrogens with two attached hydrogens (primary N) is 1. The first-order valence-electron chi connectivity index (χ1n) is 11.7. The van der Waals surface area contributed by atoms with Gasteiger partial charge in [0.15, 0.2) is 0 Å². The maximum Gasteiger partial charge on any atom is 0.274 e. The maximum atomic E-state index is 14.8. The minimum Gasteiger partial charge on any atom is -0.491 e. The van der Waals surface area contributed by atoms with E-state index in [1.165, 1.54) is 13.3 Å². The zero-order chi connectivity index (χ0) is 25.7. The zero-order valence-electron chi connectivity index (χ0n) is 19.8. The van der Waals surface area contributed by atoms with Crippen molar-refractivity contribution in [3.63, 3.8) is 0 Å². The molecular formula is C26H27F3N4O3. The number of anilines is 1. The lowest BCUT2D eigenvalue weighted by Gasteiger charge is -2.28. The maximum absolute atomic E-state index is 14.8. The van der Waals surface area contributed by atoms with Crippen molar-refractivity contribution in [1.82, 2.24) is 9.97 Å². The Labute approximate surface area is 206 Å². The predicted molar refractivity (Wildman–Crippen MR) is 128 cm³/mol. The van der Waals surface area contributed by atoms with Crippen molar-refractivity contribution in [2.45, 2.75) is 37.6 Å². The Morgan fingerprint density at radius 1 is 1.11 bits per heavy atom. The van der Waals surface area contributed by atoms with Crippen LogP contribution in [0, 0.1) is 17.5 Å². The normalized spacial score (nSPS) is 17.6. The van der Waals surface area contributed by atoms with Crippen LogP contribution in [-0.2, 0) is 4.74 Å². The van der Waals surface area contributed by atoms with E-state index in [0.29, 0.717) is 5.69 Å². The highest BCUT2D eigenvalue weighted by molar-refractivity contribution is 6.03. The molecule has 1 aliphatic carbocycles. The number of carbonyl (C=O) groups is 1. The molecule has 1 aromatic carbocycles. The van der Waals surface area contributed by atoms with Crippen LogP contribution in [0.25, 0.3) is 11.3 Å². The van der Waals surface area contributed by atoms with Gasteiger partial charge in [0.1, 0.15) is 41.2 Å². The molecule has 10 heteroatoms. The zero-order valence-corrected chi connectivity index (χ0v) is 19.8. The van der Waals surface area contributed by atoms with Crippen molar-refractivity contribution in [3.8, 4) is 17.0 Å². The number of carbonyl (C=O) groups excluding carboxylic acids is 1. The molecule has 4 rings (SSSR count). The van der Waals surface area contributed by atoms with Crippen molar-refractivity contribution in [2.75, 3.05) is 25.6 Å². The molecule has 36 heavy (non-hydrogen) atoms. The fraction of sp³-hybridized carbons (Fsp3) is 0.346. The number of nitrogens with one attached hydrogen (secondary N) is 1. The Hall–Kier alpha value is -3.50. The molecule has 0 bridgehead atoms. The Kier molecular flexibility index (Phi) is 8.17. The number of ether oxygens (including phenoxy) is 2. The largest absolute Gasteiger partial charge is 0.491 e. The van der Waals surface area contributed by atoms with E-state index < -0.39 is 34.6 Å². The summed E-state index contributed by atoms with van der Waals surface area (Å²) in [7, 11) is 1.46. The van der Waals surface area contributed by atoms with Crippen LogP contribution in [0.1, 0.15) is 47.7 Å². The minimum absolute atomic E-state index is 0.0772. The van der Waals surface area contributed by atoms with Crippen molar-refractivity contribution in [1.29, 1.82) is 0 Å². The molecule has 1 saturated carbocycles. The Bertz CT molecular complexity index is 1220. The molecule has 0 radical (unpaired) electrons. The molecule has 1 aliphatic rings. The monoisotopic (exact) mass is 500 g/mol. The summed E-state index contributed by atoms with van der Waals surface area (Å²) in [6.45, 7) is 0.310. The molecule has 1 amide bonds. The number of aromatic nitrogens is 2. The molecule has 1 fully saturated rings. The second kappa shape index (κ2) is 11.5. The quantitative estimate of drug-likeness (QED) is 0.430. The summed E-state index contributed by atoms with van der Waals surface area (Å²) in [6, 6.07) is 5.88. The molecule has 7 nitrogen and oxygen atoms in total. The lowest BCUT2D eigenvalue weighted by atomic mass is 9.81. The number of hydrogen-bond donors (Lipinski definition) is 2. The number of rotatable bonds is 8. The third-order valence-corrected chi connectivity index (χ3v) is 6.14. The summed E-state index contributed by atoms with van der Waals surface area (Å²) < 4.78 is 54.2. The van der Waals surface area contributed by atoms with Crippen LogP contribution in [0.4, 0.5) is 18.9 Å². The van der Waals surface area contributed by atoms with Gasteiger partial charge in [-0.2, -0.15) is 0 Å². The molecular weight excluding hydrogens is 473 g/mol. The summed E-state index contributed by atoms with van der Waals surface area (Å²) in [4.78, 5) is 21.1. The van der Waals surface area contributed by atoms with Gasteiger partial charge in [0, 0.05) is 31.5 Å². The van der Waals surface area contributed by atoms with Gasteiger partial charge in [-0.1, -0.05) is 6.42 Å². The molecule has 3 aromatic rings. The van der Waals surface area contributed by atoms with E-state index in [1.807, 2.05) is 6.07 Å². The average Bonchev–Trinajstić information content (AvgIpc) is 2.85. The third kappa shape index (κ3) is 5.83. The van der Waals surface area contributed by atoms with Crippen LogP contribution < -0.4 is 15.8 Å². The second-order valence-corrected chi connectivity index (χ2v) is 8.67. The lowest BCUT2D eigenvalue weighted by molar-refractivity contribution is 0.102. The average molecular weight is 501 g/mol.